The first-order chi connectivity index (χ1) is 8.56. The van der Waals surface area contributed by atoms with Crippen LogP contribution in [0.1, 0.15) is 58.8 Å². The quantitative estimate of drug-likeness (QED) is 0.541. The van der Waals surface area contributed by atoms with Crippen LogP contribution < -0.4 is 0 Å². The molecule has 0 N–H and O–H groups in total. The van der Waals surface area contributed by atoms with Crippen LogP contribution >= 0.6 is 0 Å². The van der Waals surface area contributed by atoms with Gasteiger partial charge in [-0.3, -0.25) is 9.59 Å². The third kappa shape index (κ3) is 3.24. The van der Waals surface area contributed by atoms with E-state index in [9.17, 15) is 9.59 Å². The summed E-state index contributed by atoms with van der Waals surface area (Å²) in [6.45, 7) is 3.52. The van der Waals surface area contributed by atoms with Crippen LogP contribution in [0.5, 0.6) is 0 Å². The Morgan fingerprint density at radius 3 is 2.61 bits per heavy atom. The number of rotatable bonds is 6. The Morgan fingerprint density at radius 2 is 2.06 bits per heavy atom. The van der Waals surface area contributed by atoms with Crippen molar-refractivity contribution in [3.05, 3.63) is 0 Å². The van der Waals surface area contributed by atoms with Crippen LogP contribution in [-0.4, -0.2) is 25.2 Å². The molecule has 0 spiro atoms. The molecule has 2 unspecified atom stereocenters. The Hall–Kier alpha value is -1.06. The summed E-state index contributed by atoms with van der Waals surface area (Å²) in [4.78, 5) is 23.3. The molecule has 1 aliphatic carbocycles. The molecule has 0 aliphatic heterocycles. The summed E-state index contributed by atoms with van der Waals surface area (Å²) < 4.78 is 10.3. The van der Waals surface area contributed by atoms with Gasteiger partial charge in [0.05, 0.1) is 7.11 Å². The molecule has 0 heterocycles. The number of unbranched alkanes of at least 4 members (excludes halogenated alkanes) is 2. The number of carbonyl (C=O) groups is 2. The minimum absolute atomic E-state index is 0.220. The standard InChI is InChI=1S/C14H24O4/c1-4-5-6-9-14(13(16)17-3)10-7-8-12(14)18-11(2)15/h12H,4-10H2,1-3H3. The zero-order valence-corrected chi connectivity index (χ0v) is 11.7. The maximum Gasteiger partial charge on any atom is 0.315 e. The van der Waals surface area contributed by atoms with E-state index in [0.29, 0.717) is 0 Å². The number of ether oxygens (including phenoxy) is 2. The van der Waals surface area contributed by atoms with E-state index < -0.39 is 5.41 Å². The normalized spacial score (nSPS) is 26.9. The highest BCUT2D eigenvalue weighted by molar-refractivity contribution is 5.78. The van der Waals surface area contributed by atoms with E-state index in [1.165, 1.54) is 14.0 Å². The molecule has 1 saturated carbocycles. The van der Waals surface area contributed by atoms with Crippen LogP contribution in [0.4, 0.5) is 0 Å². The van der Waals surface area contributed by atoms with Gasteiger partial charge in [-0.1, -0.05) is 26.2 Å². The van der Waals surface area contributed by atoms with Crippen LogP contribution in [0.15, 0.2) is 0 Å². The highest BCUT2D eigenvalue weighted by Gasteiger charge is 2.51. The average Bonchev–Trinajstić information content (AvgIpc) is 2.72. The van der Waals surface area contributed by atoms with Gasteiger partial charge in [0, 0.05) is 6.92 Å². The van der Waals surface area contributed by atoms with Crippen LogP contribution in [0.3, 0.4) is 0 Å². The Labute approximate surface area is 109 Å². The molecule has 0 amide bonds. The van der Waals surface area contributed by atoms with Crippen molar-refractivity contribution in [2.24, 2.45) is 5.41 Å². The Kier molecular flexibility index (Phi) is 5.63. The Balaban J connectivity index is 2.80. The van der Waals surface area contributed by atoms with E-state index in [1.807, 2.05) is 0 Å². The minimum atomic E-state index is -0.602. The van der Waals surface area contributed by atoms with Crippen LogP contribution in [0, 0.1) is 5.41 Å². The Morgan fingerprint density at radius 1 is 1.33 bits per heavy atom. The van der Waals surface area contributed by atoms with Crippen molar-refractivity contribution in [1.82, 2.24) is 0 Å². The number of esters is 2. The zero-order chi connectivity index (χ0) is 13.6. The second-order valence-electron chi connectivity index (χ2n) is 5.10. The second kappa shape index (κ2) is 6.76. The molecule has 0 aromatic carbocycles. The first-order valence-electron chi connectivity index (χ1n) is 6.82. The van der Waals surface area contributed by atoms with Gasteiger partial charge < -0.3 is 9.47 Å². The minimum Gasteiger partial charge on any atom is -0.468 e. The molecule has 1 fully saturated rings. The maximum atomic E-state index is 12.1. The predicted octanol–water partition coefficient (Wildman–Crippen LogP) is 2.84. The van der Waals surface area contributed by atoms with Gasteiger partial charge in [0.1, 0.15) is 11.5 Å². The van der Waals surface area contributed by atoms with Crippen molar-refractivity contribution >= 4 is 11.9 Å². The predicted molar refractivity (Wildman–Crippen MR) is 68.0 cm³/mol. The largest absolute Gasteiger partial charge is 0.468 e. The van der Waals surface area contributed by atoms with Crippen LogP contribution in [0.2, 0.25) is 0 Å². The van der Waals surface area contributed by atoms with Gasteiger partial charge in [-0.25, -0.2) is 0 Å². The summed E-state index contributed by atoms with van der Waals surface area (Å²) in [5.74, 6) is -0.534. The first-order valence-corrected chi connectivity index (χ1v) is 6.82. The Bertz CT molecular complexity index is 300. The molecule has 0 radical (unpaired) electrons. The maximum absolute atomic E-state index is 12.1. The number of hydrogen-bond acceptors (Lipinski definition) is 4. The second-order valence-corrected chi connectivity index (χ2v) is 5.10. The van der Waals surface area contributed by atoms with E-state index in [1.54, 1.807) is 0 Å². The van der Waals surface area contributed by atoms with Crippen LogP contribution in [0.25, 0.3) is 0 Å². The molecule has 104 valence electrons. The zero-order valence-electron chi connectivity index (χ0n) is 11.7. The lowest BCUT2D eigenvalue weighted by atomic mass is 9.79. The van der Waals surface area contributed by atoms with E-state index in [-0.39, 0.29) is 18.0 Å². The third-order valence-electron chi connectivity index (χ3n) is 3.83. The number of hydrogen-bond donors (Lipinski definition) is 0. The molecule has 0 saturated heterocycles. The molecule has 1 rings (SSSR count). The van der Waals surface area contributed by atoms with E-state index in [0.717, 1.165) is 44.9 Å². The van der Waals surface area contributed by atoms with Crippen molar-refractivity contribution in [2.45, 2.75) is 64.9 Å². The van der Waals surface area contributed by atoms with Gasteiger partial charge in [-0.2, -0.15) is 0 Å². The van der Waals surface area contributed by atoms with Gasteiger partial charge in [0.25, 0.3) is 0 Å². The summed E-state index contributed by atoms with van der Waals surface area (Å²) in [5.41, 5.74) is -0.602. The monoisotopic (exact) mass is 256 g/mol. The van der Waals surface area contributed by atoms with Gasteiger partial charge >= 0.3 is 11.9 Å². The molecule has 18 heavy (non-hydrogen) atoms. The highest BCUT2D eigenvalue weighted by atomic mass is 16.6. The highest BCUT2D eigenvalue weighted by Crippen LogP contribution is 2.45. The van der Waals surface area contributed by atoms with Gasteiger partial charge in [0.15, 0.2) is 0 Å². The number of carbonyl (C=O) groups excluding carboxylic acids is 2. The van der Waals surface area contributed by atoms with Crippen molar-refractivity contribution < 1.29 is 19.1 Å². The molecule has 4 heteroatoms. The first kappa shape index (κ1) is 15.0. The molecule has 4 nitrogen and oxygen atoms in total. The van der Waals surface area contributed by atoms with Crippen molar-refractivity contribution in [2.75, 3.05) is 7.11 Å². The topological polar surface area (TPSA) is 52.6 Å². The molecule has 2 atom stereocenters. The fourth-order valence-electron chi connectivity index (χ4n) is 2.93. The van der Waals surface area contributed by atoms with Gasteiger partial charge in [0.2, 0.25) is 0 Å². The van der Waals surface area contributed by atoms with E-state index in [2.05, 4.69) is 6.92 Å². The van der Waals surface area contributed by atoms with Crippen molar-refractivity contribution in [3.8, 4) is 0 Å². The van der Waals surface area contributed by atoms with Crippen LogP contribution in [-0.2, 0) is 19.1 Å². The molecular formula is C14H24O4. The lowest BCUT2D eigenvalue weighted by Crippen LogP contribution is -2.41. The fraction of sp³-hybridized carbons (Fsp3) is 0.857. The van der Waals surface area contributed by atoms with Crippen molar-refractivity contribution in [3.63, 3.8) is 0 Å². The third-order valence-corrected chi connectivity index (χ3v) is 3.83. The average molecular weight is 256 g/mol. The smallest absolute Gasteiger partial charge is 0.315 e. The summed E-state index contributed by atoms with van der Waals surface area (Å²) >= 11 is 0. The van der Waals surface area contributed by atoms with Crippen molar-refractivity contribution in [1.29, 1.82) is 0 Å². The molecule has 0 aromatic rings. The molecule has 1 aliphatic rings. The number of methoxy groups -OCH3 is 1. The molecule has 0 bridgehead atoms. The van der Waals surface area contributed by atoms with E-state index >= 15 is 0 Å². The fourth-order valence-corrected chi connectivity index (χ4v) is 2.93. The lowest BCUT2D eigenvalue weighted by molar-refractivity contribution is -0.168. The summed E-state index contributed by atoms with van der Waals surface area (Å²) in [6, 6.07) is 0. The summed E-state index contributed by atoms with van der Waals surface area (Å²) in [6.07, 6.45) is 6.07. The lowest BCUT2D eigenvalue weighted by Gasteiger charge is -2.32. The SMILES string of the molecule is CCCCCC1(C(=O)OC)CCCC1OC(C)=O. The van der Waals surface area contributed by atoms with Gasteiger partial charge in [-0.15, -0.1) is 0 Å². The molecular weight excluding hydrogens is 232 g/mol. The summed E-state index contributed by atoms with van der Waals surface area (Å²) in [7, 11) is 1.41. The summed E-state index contributed by atoms with van der Waals surface area (Å²) in [5, 5.41) is 0. The van der Waals surface area contributed by atoms with E-state index in [4.69, 9.17) is 9.47 Å². The molecule has 0 aromatic heterocycles. The van der Waals surface area contributed by atoms with Gasteiger partial charge in [-0.05, 0) is 25.7 Å².